The Kier molecular flexibility index (Phi) is 49.9. The lowest BCUT2D eigenvalue weighted by Crippen LogP contribution is -2.30. The molecule has 0 heterocycles. The SMILES string of the molecule is CC/C=C\C/C=C\C/C=C\C/C=C\CCCCC(=O)OC[C@H](COC(=O)CCCCCCCCCCC/C=C\C/C=C\CCCCC)OC(=O)CCCCCCCCCCCCCC. The van der Waals surface area contributed by atoms with Crippen LogP contribution in [0.2, 0.25) is 0 Å². The standard InChI is InChI=1S/C58H100O6/c1-4-7-10-13-16-19-22-25-27-28-29-30-32-34-37-39-42-45-48-51-57(60)63-54-55(64-58(61)52-49-46-43-40-35-24-21-18-15-12-9-6-3)53-62-56(59)50-47-44-41-38-36-33-31-26-23-20-17-14-11-8-5-2/h8,11,16-17,19-20,25-27,31,36,38,55H,4-7,9-10,12-15,18,21-24,28-30,32-35,37,39-54H2,1-3H3/b11-8-,19-16-,20-17-,27-25-,31-26-,38-36-/t55-/m1/s1. The molecular weight excluding hydrogens is 793 g/mol. The molecule has 0 bridgehead atoms. The van der Waals surface area contributed by atoms with Gasteiger partial charge < -0.3 is 14.2 Å². The van der Waals surface area contributed by atoms with Crippen molar-refractivity contribution in [3.8, 4) is 0 Å². The molecule has 0 radical (unpaired) electrons. The Bertz CT molecular complexity index is 1210. The maximum Gasteiger partial charge on any atom is 0.306 e. The Balaban J connectivity index is 4.39. The predicted octanol–water partition coefficient (Wildman–Crippen LogP) is 17.8. The first-order valence-electron chi connectivity index (χ1n) is 26.9. The number of ether oxygens (including phenoxy) is 3. The lowest BCUT2D eigenvalue weighted by atomic mass is 10.0. The first-order valence-corrected chi connectivity index (χ1v) is 26.9. The van der Waals surface area contributed by atoms with Gasteiger partial charge in [0.2, 0.25) is 0 Å². The van der Waals surface area contributed by atoms with Gasteiger partial charge in [-0.1, -0.05) is 222 Å². The summed E-state index contributed by atoms with van der Waals surface area (Å²) in [5.74, 6) is -0.931. The fourth-order valence-electron chi connectivity index (χ4n) is 7.40. The summed E-state index contributed by atoms with van der Waals surface area (Å²) in [5, 5.41) is 0. The Morgan fingerprint density at radius 3 is 1.02 bits per heavy atom. The highest BCUT2D eigenvalue weighted by Gasteiger charge is 2.19. The van der Waals surface area contributed by atoms with Crippen LogP contribution in [0.25, 0.3) is 0 Å². The second kappa shape index (κ2) is 52.5. The van der Waals surface area contributed by atoms with Gasteiger partial charge in [0, 0.05) is 19.3 Å². The Morgan fingerprint density at radius 2 is 0.609 bits per heavy atom. The quantitative estimate of drug-likeness (QED) is 0.0262. The number of allylic oxidation sites excluding steroid dienone is 12. The summed E-state index contributed by atoms with van der Waals surface area (Å²) in [7, 11) is 0. The van der Waals surface area contributed by atoms with Crippen molar-refractivity contribution in [2.75, 3.05) is 13.2 Å². The molecule has 0 saturated carbocycles. The van der Waals surface area contributed by atoms with Crippen molar-refractivity contribution in [3.05, 3.63) is 72.9 Å². The third kappa shape index (κ3) is 49.9. The number of rotatable bonds is 48. The van der Waals surface area contributed by atoms with Gasteiger partial charge in [-0.2, -0.15) is 0 Å². The average molecular weight is 893 g/mol. The van der Waals surface area contributed by atoms with Crippen molar-refractivity contribution in [2.45, 2.75) is 264 Å². The molecule has 0 aromatic heterocycles. The molecule has 0 unspecified atom stereocenters. The maximum atomic E-state index is 12.8. The monoisotopic (exact) mass is 893 g/mol. The first-order chi connectivity index (χ1) is 31.5. The van der Waals surface area contributed by atoms with Gasteiger partial charge in [0.15, 0.2) is 6.10 Å². The van der Waals surface area contributed by atoms with E-state index >= 15 is 0 Å². The van der Waals surface area contributed by atoms with Crippen LogP contribution < -0.4 is 0 Å². The molecule has 6 nitrogen and oxygen atoms in total. The second-order valence-corrected chi connectivity index (χ2v) is 17.8. The van der Waals surface area contributed by atoms with Gasteiger partial charge in [-0.05, 0) is 89.9 Å². The molecule has 0 aliphatic carbocycles. The summed E-state index contributed by atoms with van der Waals surface area (Å²) in [6, 6.07) is 0. The van der Waals surface area contributed by atoms with Gasteiger partial charge in [0.25, 0.3) is 0 Å². The summed E-state index contributed by atoms with van der Waals surface area (Å²) in [6.07, 6.45) is 66.0. The van der Waals surface area contributed by atoms with E-state index in [0.29, 0.717) is 19.3 Å². The van der Waals surface area contributed by atoms with E-state index in [4.69, 9.17) is 14.2 Å². The predicted molar refractivity (Wildman–Crippen MR) is 274 cm³/mol. The Labute approximate surface area is 395 Å². The van der Waals surface area contributed by atoms with Crippen LogP contribution in [-0.2, 0) is 28.6 Å². The molecule has 0 aliphatic heterocycles. The van der Waals surface area contributed by atoms with Crippen LogP contribution in [-0.4, -0.2) is 37.2 Å². The van der Waals surface area contributed by atoms with Gasteiger partial charge in [0.1, 0.15) is 13.2 Å². The molecule has 0 amide bonds. The number of carbonyl (C=O) groups excluding carboxylic acids is 3. The molecule has 6 heteroatoms. The van der Waals surface area contributed by atoms with Gasteiger partial charge >= 0.3 is 17.9 Å². The molecular formula is C58H100O6. The second-order valence-electron chi connectivity index (χ2n) is 17.8. The number of unbranched alkanes of at least 4 members (excludes halogenated alkanes) is 25. The lowest BCUT2D eigenvalue weighted by molar-refractivity contribution is -0.167. The number of hydrogen-bond acceptors (Lipinski definition) is 6. The van der Waals surface area contributed by atoms with Crippen molar-refractivity contribution in [1.82, 2.24) is 0 Å². The molecule has 0 spiro atoms. The largest absolute Gasteiger partial charge is 0.462 e. The van der Waals surface area contributed by atoms with E-state index in [1.165, 1.54) is 128 Å². The molecule has 0 N–H and O–H groups in total. The van der Waals surface area contributed by atoms with Crippen LogP contribution in [0, 0.1) is 0 Å². The zero-order valence-corrected chi connectivity index (χ0v) is 42.0. The van der Waals surface area contributed by atoms with Crippen LogP contribution in [0.4, 0.5) is 0 Å². The number of esters is 3. The number of carbonyl (C=O) groups is 3. The molecule has 0 aromatic carbocycles. The highest BCUT2D eigenvalue weighted by atomic mass is 16.6. The van der Waals surface area contributed by atoms with E-state index in [-0.39, 0.29) is 31.1 Å². The fourth-order valence-corrected chi connectivity index (χ4v) is 7.40. The zero-order valence-electron chi connectivity index (χ0n) is 42.0. The minimum absolute atomic E-state index is 0.0892. The van der Waals surface area contributed by atoms with Crippen LogP contribution >= 0.6 is 0 Å². The molecule has 1 atom stereocenters. The van der Waals surface area contributed by atoms with Crippen LogP contribution in [0.15, 0.2) is 72.9 Å². The van der Waals surface area contributed by atoms with E-state index in [1.54, 1.807) is 0 Å². The molecule has 0 aliphatic rings. The van der Waals surface area contributed by atoms with Gasteiger partial charge in [-0.15, -0.1) is 0 Å². The van der Waals surface area contributed by atoms with Crippen molar-refractivity contribution in [3.63, 3.8) is 0 Å². The third-order valence-corrected chi connectivity index (χ3v) is 11.4. The zero-order chi connectivity index (χ0) is 46.5. The smallest absolute Gasteiger partial charge is 0.306 e. The van der Waals surface area contributed by atoms with E-state index in [9.17, 15) is 14.4 Å². The minimum Gasteiger partial charge on any atom is -0.462 e. The summed E-state index contributed by atoms with van der Waals surface area (Å²) in [5.41, 5.74) is 0. The molecule has 0 saturated heterocycles. The third-order valence-electron chi connectivity index (χ3n) is 11.4. The van der Waals surface area contributed by atoms with Crippen LogP contribution in [0.3, 0.4) is 0 Å². The normalized spacial score (nSPS) is 12.6. The van der Waals surface area contributed by atoms with E-state index in [2.05, 4.69) is 93.7 Å². The van der Waals surface area contributed by atoms with Gasteiger partial charge in [-0.25, -0.2) is 0 Å². The van der Waals surface area contributed by atoms with Crippen molar-refractivity contribution in [2.24, 2.45) is 0 Å². The summed E-state index contributed by atoms with van der Waals surface area (Å²) < 4.78 is 16.8. The molecule has 368 valence electrons. The van der Waals surface area contributed by atoms with E-state index < -0.39 is 6.10 Å². The Hall–Kier alpha value is -3.15. The molecule has 0 aromatic rings. The topological polar surface area (TPSA) is 78.9 Å². The Morgan fingerprint density at radius 1 is 0.328 bits per heavy atom. The summed E-state index contributed by atoms with van der Waals surface area (Å²) in [4.78, 5) is 38.0. The van der Waals surface area contributed by atoms with Crippen molar-refractivity contribution < 1.29 is 28.6 Å². The van der Waals surface area contributed by atoms with Crippen molar-refractivity contribution in [1.29, 1.82) is 0 Å². The van der Waals surface area contributed by atoms with Crippen LogP contribution in [0.1, 0.15) is 258 Å². The first kappa shape index (κ1) is 60.9. The van der Waals surface area contributed by atoms with Gasteiger partial charge in [-0.3, -0.25) is 14.4 Å². The lowest BCUT2D eigenvalue weighted by Gasteiger charge is -2.18. The minimum atomic E-state index is -0.791. The van der Waals surface area contributed by atoms with E-state index in [0.717, 1.165) is 89.9 Å². The van der Waals surface area contributed by atoms with Crippen molar-refractivity contribution >= 4 is 17.9 Å². The number of hydrogen-bond donors (Lipinski definition) is 0. The van der Waals surface area contributed by atoms with E-state index in [1.807, 2.05) is 0 Å². The summed E-state index contributed by atoms with van der Waals surface area (Å²) in [6.45, 7) is 6.47. The highest BCUT2D eigenvalue weighted by molar-refractivity contribution is 5.71. The molecule has 0 rings (SSSR count). The molecule has 0 fully saturated rings. The summed E-state index contributed by atoms with van der Waals surface area (Å²) >= 11 is 0. The van der Waals surface area contributed by atoms with Gasteiger partial charge in [0.05, 0.1) is 0 Å². The fraction of sp³-hybridized carbons (Fsp3) is 0.741. The van der Waals surface area contributed by atoms with Crippen LogP contribution in [0.5, 0.6) is 0 Å². The highest BCUT2D eigenvalue weighted by Crippen LogP contribution is 2.15. The molecule has 64 heavy (non-hydrogen) atoms. The average Bonchev–Trinajstić information content (AvgIpc) is 3.29. The maximum absolute atomic E-state index is 12.8.